The van der Waals surface area contributed by atoms with Crippen molar-refractivity contribution in [2.45, 2.75) is 19.1 Å². The van der Waals surface area contributed by atoms with E-state index in [-0.39, 0.29) is 11.9 Å². The molecule has 7 nitrogen and oxygen atoms in total. The van der Waals surface area contributed by atoms with Gasteiger partial charge in [-0.3, -0.25) is 9.69 Å². The lowest BCUT2D eigenvalue weighted by Crippen LogP contribution is -2.54. The number of nitrogens with zero attached hydrogens (tertiary/aromatic N) is 5. The van der Waals surface area contributed by atoms with Crippen molar-refractivity contribution in [1.82, 2.24) is 19.8 Å². The molecule has 2 aromatic carbocycles. The number of anilines is 1. The summed E-state index contributed by atoms with van der Waals surface area (Å²) in [6, 6.07) is 16.5. The number of β-amino-alcohol motifs (C(OH)–C–C–N with tert-alkyl or cyclic N) is 1. The summed E-state index contributed by atoms with van der Waals surface area (Å²) in [4.78, 5) is 28.4. The van der Waals surface area contributed by atoms with Gasteiger partial charge < -0.3 is 14.9 Å². The van der Waals surface area contributed by atoms with Gasteiger partial charge in [-0.2, -0.15) is 0 Å². The molecule has 0 saturated carbocycles. The molecule has 35 heavy (non-hydrogen) atoms. The standard InChI is InChI=1S/C26H27Cl2N5O2/c1-17-13-22(19-3-2-4-21(28)14-19)30-26(29-17)33-15-23(24(34)16-33)31-9-11-32(12-10-31)25(35)18-5-7-20(27)8-6-18/h2-8,13-14,23-24,34H,9-12,15-16H2,1H3. The first-order chi connectivity index (χ1) is 16.9. The van der Waals surface area contributed by atoms with Crippen molar-refractivity contribution in [1.29, 1.82) is 0 Å². The normalized spacial score (nSPS) is 20.9. The van der Waals surface area contributed by atoms with Crippen molar-refractivity contribution in [3.63, 3.8) is 0 Å². The van der Waals surface area contributed by atoms with Crippen LogP contribution in [0.3, 0.4) is 0 Å². The van der Waals surface area contributed by atoms with Gasteiger partial charge >= 0.3 is 0 Å². The van der Waals surface area contributed by atoms with Crippen LogP contribution in [0.5, 0.6) is 0 Å². The number of aliphatic hydroxyl groups excluding tert-OH is 1. The summed E-state index contributed by atoms with van der Waals surface area (Å²) in [6.07, 6.45) is -0.521. The monoisotopic (exact) mass is 511 g/mol. The van der Waals surface area contributed by atoms with E-state index in [1.54, 1.807) is 24.3 Å². The van der Waals surface area contributed by atoms with Gasteiger partial charge in [0.2, 0.25) is 5.95 Å². The predicted octanol–water partition coefficient (Wildman–Crippen LogP) is 3.77. The minimum absolute atomic E-state index is 0.0108. The Kier molecular flexibility index (Phi) is 6.93. The number of benzene rings is 2. The highest BCUT2D eigenvalue weighted by atomic mass is 35.5. The van der Waals surface area contributed by atoms with E-state index in [9.17, 15) is 9.90 Å². The topological polar surface area (TPSA) is 72.8 Å². The molecule has 2 unspecified atom stereocenters. The number of amides is 1. The average molecular weight is 512 g/mol. The van der Waals surface area contributed by atoms with E-state index in [0.717, 1.165) is 17.0 Å². The third-order valence-corrected chi connectivity index (χ3v) is 7.15. The molecule has 0 radical (unpaired) electrons. The first-order valence-electron chi connectivity index (χ1n) is 11.7. The maximum atomic E-state index is 12.8. The van der Waals surface area contributed by atoms with Gasteiger partial charge in [0.1, 0.15) is 0 Å². The molecule has 0 aliphatic carbocycles. The van der Waals surface area contributed by atoms with E-state index in [1.165, 1.54) is 0 Å². The van der Waals surface area contributed by atoms with Crippen molar-refractivity contribution < 1.29 is 9.90 Å². The van der Waals surface area contributed by atoms with Crippen LogP contribution in [0.1, 0.15) is 16.1 Å². The summed E-state index contributed by atoms with van der Waals surface area (Å²) in [5.74, 6) is 0.620. The number of aryl methyl sites for hydroxylation is 1. The highest BCUT2D eigenvalue weighted by Gasteiger charge is 2.38. The number of halogens is 2. The molecule has 182 valence electrons. The number of hydrogen-bond acceptors (Lipinski definition) is 6. The van der Waals surface area contributed by atoms with Gasteiger partial charge in [-0.05, 0) is 49.4 Å². The Bertz CT molecular complexity index is 1210. The summed E-state index contributed by atoms with van der Waals surface area (Å²) in [6.45, 7) is 5.68. The van der Waals surface area contributed by atoms with Crippen LogP contribution >= 0.6 is 23.2 Å². The first kappa shape index (κ1) is 24.0. The summed E-state index contributed by atoms with van der Waals surface area (Å²) >= 11 is 12.1. The molecule has 2 saturated heterocycles. The third kappa shape index (κ3) is 5.28. The molecular formula is C26H27Cl2N5O2. The summed E-state index contributed by atoms with van der Waals surface area (Å²) in [5, 5.41) is 12.2. The molecule has 0 bridgehead atoms. The number of rotatable bonds is 4. The van der Waals surface area contributed by atoms with Crippen molar-refractivity contribution in [3.05, 3.63) is 75.9 Å². The molecule has 5 rings (SSSR count). The Hall–Kier alpha value is -2.71. The van der Waals surface area contributed by atoms with E-state index in [4.69, 9.17) is 28.2 Å². The van der Waals surface area contributed by atoms with Crippen LogP contribution in [-0.4, -0.2) is 82.2 Å². The highest BCUT2D eigenvalue weighted by Crippen LogP contribution is 2.27. The first-order valence-corrected chi connectivity index (χ1v) is 12.5. The second-order valence-electron chi connectivity index (χ2n) is 9.08. The average Bonchev–Trinajstić information content (AvgIpc) is 3.25. The van der Waals surface area contributed by atoms with Crippen molar-refractivity contribution in [2.75, 3.05) is 44.2 Å². The summed E-state index contributed by atoms with van der Waals surface area (Å²) in [5.41, 5.74) is 3.24. The number of aromatic nitrogens is 2. The zero-order valence-electron chi connectivity index (χ0n) is 19.4. The summed E-state index contributed by atoms with van der Waals surface area (Å²) < 4.78 is 0. The van der Waals surface area contributed by atoms with Crippen LogP contribution in [0.4, 0.5) is 5.95 Å². The third-order valence-electron chi connectivity index (χ3n) is 6.67. The molecule has 9 heteroatoms. The van der Waals surface area contributed by atoms with E-state index < -0.39 is 6.10 Å². The number of aliphatic hydroxyl groups is 1. The van der Waals surface area contributed by atoms with Gasteiger partial charge in [-0.25, -0.2) is 9.97 Å². The Balaban J connectivity index is 1.25. The zero-order valence-corrected chi connectivity index (χ0v) is 21.0. The second-order valence-corrected chi connectivity index (χ2v) is 9.95. The van der Waals surface area contributed by atoms with Crippen LogP contribution in [0, 0.1) is 6.92 Å². The zero-order chi connectivity index (χ0) is 24.5. The minimum atomic E-state index is -0.521. The van der Waals surface area contributed by atoms with E-state index >= 15 is 0 Å². The van der Waals surface area contributed by atoms with Gasteiger partial charge in [-0.15, -0.1) is 0 Å². The molecule has 1 N–H and O–H groups in total. The Labute approximate surface area is 214 Å². The Morgan fingerprint density at radius 2 is 1.69 bits per heavy atom. The number of carbonyl (C=O) groups is 1. The van der Waals surface area contributed by atoms with Gasteiger partial charge in [0.15, 0.2) is 0 Å². The lowest BCUT2D eigenvalue weighted by Gasteiger charge is -2.38. The molecule has 3 heterocycles. The molecule has 2 aliphatic rings. The predicted molar refractivity (Wildman–Crippen MR) is 138 cm³/mol. The van der Waals surface area contributed by atoms with E-state index in [0.29, 0.717) is 60.8 Å². The van der Waals surface area contributed by atoms with Crippen molar-refractivity contribution in [3.8, 4) is 11.3 Å². The molecule has 1 aromatic heterocycles. The van der Waals surface area contributed by atoms with Gasteiger partial charge in [0, 0.05) is 66.1 Å². The fourth-order valence-corrected chi connectivity index (χ4v) is 5.13. The minimum Gasteiger partial charge on any atom is -0.390 e. The molecule has 3 aromatic rings. The number of piperazine rings is 1. The van der Waals surface area contributed by atoms with Crippen molar-refractivity contribution in [2.24, 2.45) is 0 Å². The fraction of sp³-hybridized carbons (Fsp3) is 0.346. The van der Waals surface area contributed by atoms with Gasteiger partial charge in [0.05, 0.1) is 17.8 Å². The largest absolute Gasteiger partial charge is 0.390 e. The molecular weight excluding hydrogens is 485 g/mol. The SMILES string of the molecule is Cc1cc(-c2cccc(Cl)c2)nc(N2CC(O)C(N3CCN(C(=O)c4ccc(Cl)cc4)CC3)C2)n1. The maximum Gasteiger partial charge on any atom is 0.253 e. The maximum absolute atomic E-state index is 12.8. The lowest BCUT2D eigenvalue weighted by atomic mass is 10.1. The molecule has 2 fully saturated rings. The van der Waals surface area contributed by atoms with Gasteiger partial charge in [0.25, 0.3) is 5.91 Å². The summed E-state index contributed by atoms with van der Waals surface area (Å²) in [7, 11) is 0. The quantitative estimate of drug-likeness (QED) is 0.574. The van der Waals surface area contributed by atoms with Crippen LogP contribution in [0.25, 0.3) is 11.3 Å². The Morgan fingerprint density at radius 1 is 0.943 bits per heavy atom. The van der Waals surface area contributed by atoms with E-state index in [2.05, 4.69) is 9.88 Å². The van der Waals surface area contributed by atoms with Crippen LogP contribution in [0.15, 0.2) is 54.6 Å². The van der Waals surface area contributed by atoms with Crippen LogP contribution < -0.4 is 4.90 Å². The van der Waals surface area contributed by atoms with E-state index in [1.807, 2.05) is 47.1 Å². The second kappa shape index (κ2) is 10.1. The number of carbonyl (C=O) groups excluding carboxylic acids is 1. The van der Waals surface area contributed by atoms with Crippen molar-refractivity contribution >= 4 is 35.1 Å². The lowest BCUT2D eigenvalue weighted by molar-refractivity contribution is 0.0376. The number of hydrogen-bond donors (Lipinski definition) is 1. The molecule has 2 aliphatic heterocycles. The Morgan fingerprint density at radius 3 is 2.40 bits per heavy atom. The van der Waals surface area contributed by atoms with Crippen LogP contribution in [-0.2, 0) is 0 Å². The smallest absolute Gasteiger partial charge is 0.253 e. The molecule has 1 amide bonds. The fourth-order valence-electron chi connectivity index (χ4n) is 4.81. The van der Waals surface area contributed by atoms with Crippen LogP contribution in [0.2, 0.25) is 10.0 Å². The highest BCUT2D eigenvalue weighted by molar-refractivity contribution is 6.31. The van der Waals surface area contributed by atoms with Gasteiger partial charge in [-0.1, -0.05) is 35.3 Å². The molecule has 0 spiro atoms. The molecule has 2 atom stereocenters.